The van der Waals surface area contributed by atoms with Crippen molar-refractivity contribution in [1.29, 1.82) is 0 Å². The van der Waals surface area contributed by atoms with Crippen molar-refractivity contribution in [3.63, 3.8) is 0 Å². The highest BCUT2D eigenvalue weighted by molar-refractivity contribution is 6.38. The van der Waals surface area contributed by atoms with E-state index >= 15 is 0 Å². The van der Waals surface area contributed by atoms with Gasteiger partial charge < -0.3 is 4.74 Å². The van der Waals surface area contributed by atoms with Crippen LogP contribution in [0.2, 0.25) is 5.02 Å². The number of esters is 1. The number of rotatable bonds is 1. The van der Waals surface area contributed by atoms with E-state index in [1.165, 1.54) is 7.11 Å². The monoisotopic (exact) mass is 224 g/mol. The molecule has 0 aliphatic rings. The number of methoxy groups -OCH3 is 1. The Labute approximate surface area is 91.4 Å². The van der Waals surface area contributed by atoms with Crippen molar-refractivity contribution >= 4 is 28.5 Å². The zero-order valence-electron chi connectivity index (χ0n) is 8.32. The summed E-state index contributed by atoms with van der Waals surface area (Å²) in [6, 6.07) is 3.36. The molecule has 0 radical (unpaired) electrons. The number of nitrogens with zero attached hydrogens (tertiary/aromatic N) is 2. The summed E-state index contributed by atoms with van der Waals surface area (Å²) in [5.74, 6) is -0.439. The molecule has 0 fully saturated rings. The number of fused-ring (bicyclic) bond motifs is 1. The normalized spacial score (nSPS) is 10.6. The minimum atomic E-state index is -0.439. The summed E-state index contributed by atoms with van der Waals surface area (Å²) in [4.78, 5) is 11.4. The van der Waals surface area contributed by atoms with E-state index < -0.39 is 5.97 Å². The number of benzene rings is 1. The zero-order chi connectivity index (χ0) is 11.0. The van der Waals surface area contributed by atoms with E-state index in [-0.39, 0.29) is 0 Å². The van der Waals surface area contributed by atoms with Crippen LogP contribution in [0.4, 0.5) is 0 Å². The fourth-order valence-corrected chi connectivity index (χ4v) is 1.73. The molecule has 0 saturated carbocycles. The van der Waals surface area contributed by atoms with Crippen LogP contribution < -0.4 is 0 Å². The lowest BCUT2D eigenvalue weighted by Crippen LogP contribution is -2.01. The number of carbonyl (C=O) groups is 1. The largest absolute Gasteiger partial charge is 0.465 e. The van der Waals surface area contributed by atoms with Crippen molar-refractivity contribution in [1.82, 2.24) is 9.78 Å². The number of hydrogen-bond donors (Lipinski definition) is 0. The summed E-state index contributed by atoms with van der Waals surface area (Å²) in [6.45, 7) is 0. The molecule has 0 aliphatic carbocycles. The highest BCUT2D eigenvalue weighted by atomic mass is 35.5. The fraction of sp³-hybridized carbons (Fsp3) is 0.200. The van der Waals surface area contributed by atoms with Gasteiger partial charge in [-0.2, -0.15) is 5.10 Å². The Morgan fingerprint density at radius 3 is 2.93 bits per heavy atom. The predicted molar refractivity (Wildman–Crippen MR) is 57.1 cm³/mol. The lowest BCUT2D eigenvalue weighted by atomic mass is 10.1. The van der Waals surface area contributed by atoms with E-state index in [1.54, 1.807) is 30.1 Å². The summed E-state index contributed by atoms with van der Waals surface area (Å²) in [6.07, 6.45) is 1.77. The van der Waals surface area contributed by atoms with E-state index in [1.807, 2.05) is 0 Å². The lowest BCUT2D eigenvalue weighted by Gasteiger charge is -2.01. The van der Waals surface area contributed by atoms with Crippen LogP contribution in [0.15, 0.2) is 18.3 Å². The van der Waals surface area contributed by atoms with Crippen LogP contribution in [0, 0.1) is 0 Å². The number of hydrogen-bond acceptors (Lipinski definition) is 3. The van der Waals surface area contributed by atoms with Crippen molar-refractivity contribution < 1.29 is 9.53 Å². The molecule has 0 aliphatic heterocycles. The molecule has 0 bridgehead atoms. The number of carbonyl (C=O) groups excluding carboxylic acids is 1. The molecule has 15 heavy (non-hydrogen) atoms. The number of aromatic nitrogens is 2. The molecule has 78 valence electrons. The SMILES string of the molecule is COC(=O)c1ccc2nn(C)cc2c1Cl. The Balaban J connectivity index is 2.69. The first kappa shape index (κ1) is 9.98. The van der Waals surface area contributed by atoms with Gasteiger partial charge in [0.1, 0.15) is 0 Å². The van der Waals surface area contributed by atoms with Crippen molar-refractivity contribution in [2.45, 2.75) is 0 Å². The molecule has 5 heteroatoms. The molecule has 0 saturated heterocycles. The minimum absolute atomic E-state index is 0.361. The van der Waals surface area contributed by atoms with Crippen LogP contribution in [-0.4, -0.2) is 22.9 Å². The molecule has 2 aromatic rings. The standard InChI is InChI=1S/C10H9ClN2O2/c1-13-5-7-8(12-13)4-3-6(9(7)11)10(14)15-2/h3-5H,1-2H3. The average molecular weight is 225 g/mol. The van der Waals surface area contributed by atoms with Gasteiger partial charge in [-0.15, -0.1) is 0 Å². The summed E-state index contributed by atoms with van der Waals surface area (Å²) in [5, 5.41) is 5.31. The van der Waals surface area contributed by atoms with E-state index in [0.29, 0.717) is 10.6 Å². The van der Waals surface area contributed by atoms with E-state index in [4.69, 9.17) is 11.6 Å². The van der Waals surface area contributed by atoms with Gasteiger partial charge in [0.25, 0.3) is 0 Å². The molecule has 4 nitrogen and oxygen atoms in total. The van der Waals surface area contributed by atoms with Crippen LogP contribution in [0.3, 0.4) is 0 Å². The highest BCUT2D eigenvalue weighted by Crippen LogP contribution is 2.26. The minimum Gasteiger partial charge on any atom is -0.465 e. The van der Waals surface area contributed by atoms with Crippen LogP contribution in [0.25, 0.3) is 10.9 Å². The number of aryl methyl sites for hydroxylation is 1. The topological polar surface area (TPSA) is 44.1 Å². The maximum atomic E-state index is 11.4. The summed E-state index contributed by atoms with van der Waals surface area (Å²) in [7, 11) is 3.13. The molecular weight excluding hydrogens is 216 g/mol. The first-order valence-corrected chi connectivity index (χ1v) is 4.71. The summed E-state index contributed by atoms with van der Waals surface area (Å²) in [5.41, 5.74) is 1.12. The molecule has 2 rings (SSSR count). The highest BCUT2D eigenvalue weighted by Gasteiger charge is 2.14. The maximum Gasteiger partial charge on any atom is 0.339 e. The maximum absolute atomic E-state index is 11.4. The van der Waals surface area contributed by atoms with Gasteiger partial charge in [0.15, 0.2) is 0 Å². The van der Waals surface area contributed by atoms with Gasteiger partial charge in [-0.3, -0.25) is 4.68 Å². The van der Waals surface area contributed by atoms with Gasteiger partial charge in [-0.05, 0) is 12.1 Å². The Hall–Kier alpha value is -1.55. The van der Waals surface area contributed by atoms with Gasteiger partial charge in [0.05, 0.1) is 23.2 Å². The third-order valence-electron chi connectivity index (χ3n) is 2.14. The molecule has 0 amide bonds. The average Bonchev–Trinajstić information content (AvgIpc) is 2.59. The second-order valence-corrected chi connectivity index (χ2v) is 3.53. The van der Waals surface area contributed by atoms with E-state index in [2.05, 4.69) is 9.84 Å². The third kappa shape index (κ3) is 1.57. The Bertz CT molecular complexity index is 533. The molecule has 0 unspecified atom stereocenters. The summed E-state index contributed by atoms with van der Waals surface area (Å²) >= 11 is 6.07. The molecule has 1 aromatic carbocycles. The first-order valence-electron chi connectivity index (χ1n) is 4.33. The third-order valence-corrected chi connectivity index (χ3v) is 2.55. The quantitative estimate of drug-likeness (QED) is 0.696. The Morgan fingerprint density at radius 1 is 1.53 bits per heavy atom. The number of halogens is 1. The molecule has 1 heterocycles. The van der Waals surface area contributed by atoms with Crippen molar-refractivity contribution in [3.8, 4) is 0 Å². The Morgan fingerprint density at radius 2 is 2.27 bits per heavy atom. The van der Waals surface area contributed by atoms with Gasteiger partial charge >= 0.3 is 5.97 Å². The van der Waals surface area contributed by atoms with Crippen molar-refractivity contribution in [3.05, 3.63) is 28.9 Å². The lowest BCUT2D eigenvalue weighted by molar-refractivity contribution is 0.0601. The predicted octanol–water partition coefficient (Wildman–Crippen LogP) is 2.01. The smallest absolute Gasteiger partial charge is 0.339 e. The second-order valence-electron chi connectivity index (χ2n) is 3.15. The molecule has 0 N–H and O–H groups in total. The van der Waals surface area contributed by atoms with Crippen LogP contribution in [0.5, 0.6) is 0 Å². The first-order chi connectivity index (χ1) is 7.13. The van der Waals surface area contributed by atoms with Crippen LogP contribution >= 0.6 is 11.6 Å². The molecule has 1 aromatic heterocycles. The van der Waals surface area contributed by atoms with Crippen molar-refractivity contribution in [2.24, 2.45) is 7.05 Å². The summed E-state index contributed by atoms with van der Waals surface area (Å²) < 4.78 is 6.27. The second kappa shape index (κ2) is 3.55. The zero-order valence-corrected chi connectivity index (χ0v) is 9.08. The fourth-order valence-electron chi connectivity index (χ4n) is 1.45. The van der Waals surface area contributed by atoms with Crippen LogP contribution in [-0.2, 0) is 11.8 Å². The molecule has 0 atom stereocenters. The van der Waals surface area contributed by atoms with Gasteiger partial charge in [-0.25, -0.2) is 4.79 Å². The van der Waals surface area contributed by atoms with E-state index in [0.717, 1.165) is 10.9 Å². The molecule has 0 spiro atoms. The number of ether oxygens (including phenoxy) is 1. The van der Waals surface area contributed by atoms with Gasteiger partial charge in [-0.1, -0.05) is 11.6 Å². The van der Waals surface area contributed by atoms with Gasteiger partial charge in [0, 0.05) is 18.6 Å². The molecular formula is C10H9ClN2O2. The van der Waals surface area contributed by atoms with Crippen LogP contribution in [0.1, 0.15) is 10.4 Å². The van der Waals surface area contributed by atoms with Gasteiger partial charge in [0.2, 0.25) is 0 Å². The van der Waals surface area contributed by atoms with Crippen molar-refractivity contribution in [2.75, 3.05) is 7.11 Å². The van der Waals surface area contributed by atoms with E-state index in [9.17, 15) is 4.79 Å². The Kier molecular flexibility index (Phi) is 2.36.